The fraction of sp³-hybridized carbons (Fsp3) is 0.417. The Morgan fingerprint density at radius 1 is 1.42 bits per heavy atom. The van der Waals surface area contributed by atoms with Crippen LogP contribution in [0.1, 0.15) is 6.92 Å². The van der Waals surface area contributed by atoms with Gasteiger partial charge in [-0.3, -0.25) is 9.59 Å². The zero-order valence-electron chi connectivity index (χ0n) is 10.6. The summed E-state index contributed by atoms with van der Waals surface area (Å²) in [7, 11) is 0. The van der Waals surface area contributed by atoms with Crippen molar-refractivity contribution in [3.63, 3.8) is 0 Å². The van der Waals surface area contributed by atoms with Gasteiger partial charge in [0, 0.05) is 12.3 Å². The first kappa shape index (κ1) is 15.3. The Morgan fingerprint density at radius 3 is 2.58 bits per heavy atom. The number of anilines is 2. The van der Waals surface area contributed by atoms with Crippen molar-refractivity contribution in [2.75, 3.05) is 29.5 Å². The lowest BCUT2D eigenvalue weighted by Crippen LogP contribution is -2.42. The number of hydrogen-bond donors (Lipinski definition) is 3. The minimum absolute atomic E-state index is 0.0963. The van der Waals surface area contributed by atoms with E-state index in [1.54, 1.807) is 13.0 Å². The SMILES string of the molecule is C=CCNc1c(N[C@@H](CS)C(=O)OCC)c(=O)c1=O. The summed E-state index contributed by atoms with van der Waals surface area (Å²) in [6.45, 7) is 5.77. The number of nitrogens with one attached hydrogen (secondary N) is 2. The summed E-state index contributed by atoms with van der Waals surface area (Å²) in [4.78, 5) is 34.4. The molecule has 0 aromatic heterocycles. The van der Waals surface area contributed by atoms with Crippen LogP contribution in [0.25, 0.3) is 0 Å². The molecule has 0 bridgehead atoms. The third kappa shape index (κ3) is 3.37. The Morgan fingerprint density at radius 2 is 2.05 bits per heavy atom. The van der Waals surface area contributed by atoms with Crippen LogP contribution in [0, 0.1) is 0 Å². The van der Waals surface area contributed by atoms with Crippen LogP contribution in [0.2, 0.25) is 0 Å². The molecular weight excluding hydrogens is 268 g/mol. The van der Waals surface area contributed by atoms with Crippen molar-refractivity contribution < 1.29 is 9.53 Å². The van der Waals surface area contributed by atoms with Crippen molar-refractivity contribution in [2.24, 2.45) is 0 Å². The Labute approximate surface area is 115 Å². The normalized spacial score (nSPS) is 11.9. The van der Waals surface area contributed by atoms with Gasteiger partial charge < -0.3 is 15.4 Å². The average Bonchev–Trinajstić information content (AvgIpc) is 2.41. The molecule has 0 heterocycles. The lowest BCUT2D eigenvalue weighted by molar-refractivity contribution is -0.143. The summed E-state index contributed by atoms with van der Waals surface area (Å²) >= 11 is 4.02. The molecule has 2 N–H and O–H groups in total. The van der Waals surface area contributed by atoms with Crippen molar-refractivity contribution in [1.82, 2.24) is 0 Å². The molecule has 0 saturated carbocycles. The molecule has 1 aromatic carbocycles. The Hall–Kier alpha value is -1.76. The van der Waals surface area contributed by atoms with Gasteiger partial charge in [-0.15, -0.1) is 6.58 Å². The summed E-state index contributed by atoms with van der Waals surface area (Å²) in [6.07, 6.45) is 1.56. The van der Waals surface area contributed by atoms with Crippen LogP contribution in [-0.4, -0.2) is 30.9 Å². The summed E-state index contributed by atoms with van der Waals surface area (Å²) < 4.78 is 4.84. The first-order valence-electron chi connectivity index (χ1n) is 5.78. The van der Waals surface area contributed by atoms with Gasteiger partial charge in [-0.25, -0.2) is 4.79 Å². The van der Waals surface area contributed by atoms with Crippen molar-refractivity contribution >= 4 is 30.0 Å². The van der Waals surface area contributed by atoms with E-state index in [4.69, 9.17) is 4.74 Å². The minimum atomic E-state index is -0.768. The van der Waals surface area contributed by atoms with E-state index in [0.29, 0.717) is 6.54 Å². The maximum atomic E-state index is 11.6. The fourth-order valence-electron chi connectivity index (χ4n) is 1.47. The highest BCUT2D eigenvalue weighted by Gasteiger charge is 2.26. The Bertz CT molecular complexity index is 534. The zero-order valence-corrected chi connectivity index (χ0v) is 11.5. The summed E-state index contributed by atoms with van der Waals surface area (Å²) in [5.74, 6) is -0.362. The first-order valence-corrected chi connectivity index (χ1v) is 6.42. The van der Waals surface area contributed by atoms with Crippen LogP contribution in [0.4, 0.5) is 11.4 Å². The van der Waals surface area contributed by atoms with E-state index in [9.17, 15) is 14.4 Å². The Balaban J connectivity index is 2.83. The van der Waals surface area contributed by atoms with Crippen LogP contribution >= 0.6 is 12.6 Å². The molecule has 104 valence electrons. The van der Waals surface area contributed by atoms with Gasteiger partial charge in [0.25, 0.3) is 10.9 Å². The maximum Gasteiger partial charge on any atom is 0.329 e. The molecular formula is C12H16N2O4S. The van der Waals surface area contributed by atoms with Gasteiger partial charge in [-0.05, 0) is 6.92 Å². The number of thiol groups is 1. The average molecular weight is 284 g/mol. The topological polar surface area (TPSA) is 84.5 Å². The van der Waals surface area contributed by atoms with Gasteiger partial charge in [0.2, 0.25) is 0 Å². The van der Waals surface area contributed by atoms with Crippen molar-refractivity contribution in [3.05, 3.63) is 33.1 Å². The van der Waals surface area contributed by atoms with E-state index in [0.717, 1.165) is 0 Å². The lowest BCUT2D eigenvalue weighted by atomic mass is 10.1. The fourth-order valence-corrected chi connectivity index (χ4v) is 1.71. The van der Waals surface area contributed by atoms with Gasteiger partial charge in [0.05, 0.1) is 6.61 Å². The smallest absolute Gasteiger partial charge is 0.329 e. The van der Waals surface area contributed by atoms with Crippen LogP contribution in [0.15, 0.2) is 22.2 Å². The van der Waals surface area contributed by atoms with Crippen molar-refractivity contribution in [2.45, 2.75) is 13.0 Å². The molecule has 0 radical (unpaired) electrons. The molecule has 0 aliphatic carbocycles. The molecule has 1 rings (SSSR count). The monoisotopic (exact) mass is 284 g/mol. The highest BCUT2D eigenvalue weighted by atomic mass is 32.1. The summed E-state index contributed by atoms with van der Waals surface area (Å²) in [6, 6.07) is -0.768. The number of carbonyl (C=O) groups excluding carboxylic acids is 1. The highest BCUT2D eigenvalue weighted by Crippen LogP contribution is 2.16. The largest absolute Gasteiger partial charge is 0.464 e. The van der Waals surface area contributed by atoms with Gasteiger partial charge in [-0.1, -0.05) is 6.08 Å². The predicted molar refractivity (Wildman–Crippen MR) is 77.9 cm³/mol. The van der Waals surface area contributed by atoms with Gasteiger partial charge in [0.1, 0.15) is 17.4 Å². The second kappa shape index (κ2) is 6.98. The molecule has 0 aliphatic heterocycles. The predicted octanol–water partition coefficient (Wildman–Crippen LogP) is 0.154. The van der Waals surface area contributed by atoms with Crippen molar-refractivity contribution in [3.8, 4) is 0 Å². The molecule has 0 spiro atoms. The van der Waals surface area contributed by atoms with Gasteiger partial charge >= 0.3 is 5.97 Å². The number of ether oxygens (including phenoxy) is 1. The standard InChI is InChI=1S/C12H16N2O4S/c1-3-5-13-8-9(11(16)10(8)15)14-7(6-19)12(17)18-4-2/h3,7,13-14,19H,1,4-6H2,2H3/t7-/m0/s1. The highest BCUT2D eigenvalue weighted by molar-refractivity contribution is 7.80. The molecule has 1 atom stereocenters. The zero-order chi connectivity index (χ0) is 14.4. The van der Waals surface area contributed by atoms with Gasteiger partial charge in [-0.2, -0.15) is 12.6 Å². The van der Waals surface area contributed by atoms with Crippen LogP contribution in [0.3, 0.4) is 0 Å². The number of hydrogen-bond acceptors (Lipinski definition) is 7. The quantitative estimate of drug-likeness (QED) is 0.273. The maximum absolute atomic E-state index is 11.6. The molecule has 0 amide bonds. The third-order valence-electron chi connectivity index (χ3n) is 2.41. The Kier molecular flexibility index (Phi) is 5.62. The number of carbonyl (C=O) groups is 1. The van der Waals surface area contributed by atoms with E-state index in [2.05, 4.69) is 29.8 Å². The molecule has 1 aromatic rings. The second-order valence-corrected chi connectivity index (χ2v) is 4.07. The van der Waals surface area contributed by atoms with E-state index >= 15 is 0 Å². The van der Waals surface area contributed by atoms with Crippen molar-refractivity contribution in [1.29, 1.82) is 0 Å². The summed E-state index contributed by atoms with van der Waals surface area (Å²) in [5.41, 5.74) is -0.992. The molecule has 19 heavy (non-hydrogen) atoms. The van der Waals surface area contributed by atoms with E-state index in [1.165, 1.54) is 0 Å². The molecule has 0 aliphatic rings. The van der Waals surface area contributed by atoms with Crippen LogP contribution < -0.4 is 21.5 Å². The summed E-state index contributed by atoms with van der Waals surface area (Å²) in [5, 5.41) is 5.44. The molecule has 0 unspecified atom stereocenters. The second-order valence-electron chi connectivity index (χ2n) is 3.71. The molecule has 6 nitrogen and oxygen atoms in total. The minimum Gasteiger partial charge on any atom is -0.464 e. The van der Waals surface area contributed by atoms with E-state index in [1.807, 2.05) is 0 Å². The van der Waals surface area contributed by atoms with Crippen LogP contribution in [-0.2, 0) is 9.53 Å². The van der Waals surface area contributed by atoms with Crippen LogP contribution in [0.5, 0.6) is 0 Å². The first-order chi connectivity index (χ1) is 9.06. The lowest BCUT2D eigenvalue weighted by Gasteiger charge is -2.19. The van der Waals surface area contributed by atoms with E-state index in [-0.39, 0.29) is 23.7 Å². The molecule has 0 saturated heterocycles. The third-order valence-corrected chi connectivity index (χ3v) is 2.77. The van der Waals surface area contributed by atoms with E-state index < -0.39 is 22.9 Å². The number of rotatable bonds is 8. The molecule has 7 heteroatoms. The number of esters is 1. The van der Waals surface area contributed by atoms with Gasteiger partial charge in [0.15, 0.2) is 0 Å². The molecule has 0 fully saturated rings.